The van der Waals surface area contributed by atoms with Gasteiger partial charge in [0, 0.05) is 54.1 Å². The number of carbonyl (C=O) groups excluding carboxylic acids is 2. The molecule has 5 atom stereocenters. The van der Waals surface area contributed by atoms with E-state index in [1.54, 1.807) is 0 Å². The Balaban J connectivity index is 1.42. The molecule has 0 radical (unpaired) electrons. The summed E-state index contributed by atoms with van der Waals surface area (Å²) in [7, 11) is 0. The number of rotatable bonds is 6. The standard InChI is InChI=1S/C35H40N2O4/c1-6-17-36-18-16-35-27-11-12-28(37(21-22(2)3)32(39)15-10-25-9-7-8-23(4)19-25)34(35)41-31-14-13-30(40-24(5)38)26(33(31)35)20-29(27)36/h6-9,13-14,19,22,27-29,34H,1,11-12,16-18,20-21H2,2-5H3/t27-,28+,29+,34-,35-/m0/s1. The van der Waals surface area contributed by atoms with Crippen LogP contribution >= 0.6 is 0 Å². The van der Waals surface area contributed by atoms with E-state index in [4.69, 9.17) is 9.47 Å². The van der Waals surface area contributed by atoms with Crippen LogP contribution in [0.15, 0.2) is 49.1 Å². The molecular formula is C35H40N2O4. The van der Waals surface area contributed by atoms with Crippen molar-refractivity contribution in [2.45, 2.75) is 77.0 Å². The van der Waals surface area contributed by atoms with E-state index >= 15 is 0 Å². The Kier molecular flexibility index (Phi) is 7.20. The number of aryl methyl sites for hydroxylation is 1. The molecule has 2 aromatic rings. The topological polar surface area (TPSA) is 59.1 Å². The Hall–Kier alpha value is -3.56. The number of nitrogens with zero attached hydrogens (tertiary/aromatic N) is 2. The van der Waals surface area contributed by atoms with Gasteiger partial charge in [-0.3, -0.25) is 14.5 Å². The fourth-order valence-corrected chi connectivity index (χ4v) is 8.24. The minimum absolute atomic E-state index is 0.0879. The molecule has 1 amide bonds. The van der Waals surface area contributed by atoms with Crippen LogP contribution in [0.2, 0.25) is 0 Å². The predicted octanol–water partition coefficient (Wildman–Crippen LogP) is 5.05. The Bertz CT molecular complexity index is 1450. The van der Waals surface area contributed by atoms with Gasteiger partial charge in [0.05, 0.1) is 6.04 Å². The number of hydrogen-bond donors (Lipinski definition) is 0. The minimum atomic E-state index is -0.313. The van der Waals surface area contributed by atoms with Crippen LogP contribution in [0.5, 0.6) is 11.5 Å². The molecule has 2 fully saturated rings. The number of piperidine rings is 1. The summed E-state index contributed by atoms with van der Waals surface area (Å²) in [4.78, 5) is 30.5. The van der Waals surface area contributed by atoms with Gasteiger partial charge < -0.3 is 14.4 Å². The smallest absolute Gasteiger partial charge is 0.308 e. The average molecular weight is 553 g/mol. The maximum Gasteiger partial charge on any atom is 0.308 e. The van der Waals surface area contributed by atoms with Gasteiger partial charge >= 0.3 is 5.97 Å². The molecule has 2 heterocycles. The predicted molar refractivity (Wildman–Crippen MR) is 159 cm³/mol. The third-order valence-corrected chi connectivity index (χ3v) is 9.57. The zero-order valence-corrected chi connectivity index (χ0v) is 24.6. The van der Waals surface area contributed by atoms with Crippen molar-refractivity contribution >= 4 is 11.9 Å². The Morgan fingerprint density at radius 1 is 1.27 bits per heavy atom. The van der Waals surface area contributed by atoms with E-state index in [0.29, 0.717) is 30.2 Å². The van der Waals surface area contributed by atoms with Gasteiger partial charge in [0.1, 0.15) is 17.6 Å². The highest BCUT2D eigenvalue weighted by molar-refractivity contribution is 5.94. The second-order valence-electron chi connectivity index (χ2n) is 12.6. The summed E-state index contributed by atoms with van der Waals surface area (Å²) in [6.45, 7) is 14.2. The summed E-state index contributed by atoms with van der Waals surface area (Å²) in [5.41, 5.74) is 4.05. The van der Waals surface area contributed by atoms with Crippen LogP contribution in [-0.4, -0.2) is 59.5 Å². The third-order valence-electron chi connectivity index (χ3n) is 9.57. The minimum Gasteiger partial charge on any atom is -0.487 e. The number of hydrogen-bond acceptors (Lipinski definition) is 5. The van der Waals surface area contributed by atoms with Crippen LogP contribution in [0.4, 0.5) is 0 Å². The van der Waals surface area contributed by atoms with Crippen molar-refractivity contribution in [3.8, 4) is 23.3 Å². The molecule has 2 bridgehead atoms. The summed E-state index contributed by atoms with van der Waals surface area (Å²) in [6, 6.07) is 12.0. The van der Waals surface area contributed by atoms with Crippen molar-refractivity contribution in [1.82, 2.24) is 9.80 Å². The van der Waals surface area contributed by atoms with Crippen molar-refractivity contribution in [2.24, 2.45) is 11.8 Å². The van der Waals surface area contributed by atoms with Crippen molar-refractivity contribution in [1.29, 1.82) is 0 Å². The highest BCUT2D eigenvalue weighted by Crippen LogP contribution is 2.63. The van der Waals surface area contributed by atoms with E-state index in [0.717, 1.165) is 61.2 Å². The molecule has 1 saturated carbocycles. The van der Waals surface area contributed by atoms with E-state index in [-0.39, 0.29) is 29.4 Å². The largest absolute Gasteiger partial charge is 0.487 e. The first-order chi connectivity index (χ1) is 19.7. The van der Waals surface area contributed by atoms with Gasteiger partial charge in [-0.05, 0) is 80.8 Å². The SMILES string of the molecule is C=CCN1CC[C@@]23c4c5ccc(OC(C)=O)c4C[C@@H]1[C@@H]2CC[C@@H](N(CC(C)C)C(=O)C#Cc1cccc(C)c1)[C@@H]3O5. The van der Waals surface area contributed by atoms with Crippen molar-refractivity contribution in [3.63, 3.8) is 0 Å². The first kappa shape index (κ1) is 27.6. The lowest BCUT2D eigenvalue weighted by atomic mass is 9.50. The van der Waals surface area contributed by atoms with E-state index in [2.05, 4.69) is 37.2 Å². The maximum absolute atomic E-state index is 13.9. The quantitative estimate of drug-likeness (QED) is 0.217. The maximum atomic E-state index is 13.9. The van der Waals surface area contributed by atoms with E-state index in [9.17, 15) is 9.59 Å². The second-order valence-corrected chi connectivity index (χ2v) is 12.6. The van der Waals surface area contributed by atoms with Gasteiger partial charge in [0.15, 0.2) is 0 Å². The van der Waals surface area contributed by atoms with Gasteiger partial charge in [-0.25, -0.2) is 0 Å². The number of ether oxygens (including phenoxy) is 2. The second kappa shape index (κ2) is 10.7. The van der Waals surface area contributed by atoms with Crippen LogP contribution in [0, 0.1) is 30.6 Å². The normalized spacial score (nSPS) is 27.2. The number of likely N-dealkylation sites (tertiary alicyclic amines) is 1. The van der Waals surface area contributed by atoms with Crippen LogP contribution in [0.25, 0.3) is 0 Å². The zero-order chi connectivity index (χ0) is 28.9. The van der Waals surface area contributed by atoms with Crippen LogP contribution < -0.4 is 9.47 Å². The van der Waals surface area contributed by atoms with Crippen molar-refractivity contribution < 1.29 is 19.1 Å². The molecule has 41 heavy (non-hydrogen) atoms. The Morgan fingerprint density at radius 3 is 2.83 bits per heavy atom. The molecule has 6 heteroatoms. The molecule has 0 unspecified atom stereocenters. The molecule has 1 spiro atoms. The first-order valence-corrected chi connectivity index (χ1v) is 15.0. The Labute approximate surface area is 243 Å². The number of amides is 1. The highest BCUT2D eigenvalue weighted by atomic mass is 16.5. The van der Waals surface area contributed by atoms with E-state index < -0.39 is 0 Å². The summed E-state index contributed by atoms with van der Waals surface area (Å²) >= 11 is 0. The number of benzene rings is 2. The number of carbonyl (C=O) groups is 2. The Morgan fingerprint density at radius 2 is 2.10 bits per heavy atom. The van der Waals surface area contributed by atoms with Crippen molar-refractivity contribution in [2.75, 3.05) is 19.6 Å². The monoisotopic (exact) mass is 552 g/mol. The zero-order valence-electron chi connectivity index (χ0n) is 24.6. The van der Waals surface area contributed by atoms with E-state index in [1.807, 2.05) is 54.3 Å². The molecule has 214 valence electrons. The van der Waals surface area contributed by atoms with Gasteiger partial charge in [-0.15, -0.1) is 6.58 Å². The summed E-state index contributed by atoms with van der Waals surface area (Å²) in [5.74, 6) is 7.86. The molecule has 1 saturated heterocycles. The molecule has 4 aliphatic rings. The van der Waals surface area contributed by atoms with Gasteiger partial charge in [-0.1, -0.05) is 38.0 Å². The molecule has 2 aromatic carbocycles. The molecule has 6 nitrogen and oxygen atoms in total. The molecule has 2 aliphatic heterocycles. The van der Waals surface area contributed by atoms with Crippen LogP contribution in [0.3, 0.4) is 0 Å². The van der Waals surface area contributed by atoms with Crippen molar-refractivity contribution in [3.05, 3.63) is 71.3 Å². The third kappa shape index (κ3) is 4.65. The molecule has 2 aliphatic carbocycles. The van der Waals surface area contributed by atoms with Crippen LogP contribution in [0.1, 0.15) is 62.3 Å². The lowest BCUT2D eigenvalue weighted by molar-refractivity contribution is -0.137. The summed E-state index contributed by atoms with van der Waals surface area (Å²) in [6.07, 6.45) is 5.46. The fourth-order valence-electron chi connectivity index (χ4n) is 8.24. The molecule has 6 rings (SSSR count). The fraction of sp³-hybridized carbons (Fsp3) is 0.486. The average Bonchev–Trinajstić information content (AvgIpc) is 3.26. The van der Waals surface area contributed by atoms with E-state index in [1.165, 1.54) is 12.5 Å². The van der Waals surface area contributed by atoms with Gasteiger partial charge in [0.2, 0.25) is 0 Å². The highest BCUT2D eigenvalue weighted by Gasteiger charge is 2.66. The van der Waals surface area contributed by atoms with Gasteiger partial charge in [0.25, 0.3) is 5.91 Å². The molecule has 0 aromatic heterocycles. The lowest BCUT2D eigenvalue weighted by Crippen LogP contribution is -2.69. The number of esters is 1. The lowest BCUT2D eigenvalue weighted by Gasteiger charge is -2.60. The molecule has 0 N–H and O–H groups in total. The van der Waals surface area contributed by atoms with Gasteiger partial charge in [-0.2, -0.15) is 0 Å². The molecular weight excluding hydrogens is 512 g/mol. The summed E-state index contributed by atoms with van der Waals surface area (Å²) < 4.78 is 12.7. The first-order valence-electron chi connectivity index (χ1n) is 15.0. The van der Waals surface area contributed by atoms with Crippen LogP contribution in [-0.2, 0) is 21.4 Å². The summed E-state index contributed by atoms with van der Waals surface area (Å²) in [5, 5.41) is 0.